The molecule has 1 aromatic rings. The first-order chi connectivity index (χ1) is 6.69. The van der Waals surface area contributed by atoms with Gasteiger partial charge in [-0.15, -0.1) is 0 Å². The number of ether oxygens (including phenoxy) is 1. The zero-order valence-corrected chi connectivity index (χ0v) is 8.30. The molecule has 2 N–H and O–H groups in total. The molecule has 0 radical (unpaired) electrons. The molecule has 78 valence electrons. The second kappa shape index (κ2) is 4.81. The maximum Gasteiger partial charge on any atom is 0.165 e. The van der Waals surface area contributed by atoms with Crippen LogP contribution in [-0.2, 0) is 6.42 Å². The Hall–Kier alpha value is -1.29. The molecule has 0 saturated heterocycles. The van der Waals surface area contributed by atoms with E-state index in [9.17, 15) is 9.50 Å². The van der Waals surface area contributed by atoms with E-state index < -0.39 is 5.82 Å². The minimum absolute atomic E-state index is 0.0655. The summed E-state index contributed by atoms with van der Waals surface area (Å²) in [6.07, 6.45) is 0.587. The zero-order valence-electron chi connectivity index (χ0n) is 8.30. The fourth-order valence-corrected chi connectivity index (χ4v) is 1.20. The van der Waals surface area contributed by atoms with Crippen molar-refractivity contribution < 1.29 is 14.2 Å². The van der Waals surface area contributed by atoms with Crippen molar-refractivity contribution in [3.63, 3.8) is 0 Å². The van der Waals surface area contributed by atoms with Gasteiger partial charge in [0, 0.05) is 6.07 Å². The van der Waals surface area contributed by atoms with E-state index in [-0.39, 0.29) is 11.5 Å². The van der Waals surface area contributed by atoms with Crippen molar-refractivity contribution in [2.75, 3.05) is 20.7 Å². The summed E-state index contributed by atoms with van der Waals surface area (Å²) < 4.78 is 17.9. The maximum absolute atomic E-state index is 13.2. The van der Waals surface area contributed by atoms with E-state index in [0.717, 1.165) is 0 Å². The third-order valence-corrected chi connectivity index (χ3v) is 2.00. The number of benzene rings is 1. The highest BCUT2D eigenvalue weighted by Gasteiger charge is 2.08. The lowest BCUT2D eigenvalue weighted by Gasteiger charge is -2.07. The first-order valence-electron chi connectivity index (χ1n) is 4.39. The van der Waals surface area contributed by atoms with Crippen molar-refractivity contribution in [2.24, 2.45) is 0 Å². The van der Waals surface area contributed by atoms with Crippen LogP contribution < -0.4 is 10.1 Å². The third kappa shape index (κ3) is 2.35. The molecular weight excluding hydrogens is 185 g/mol. The van der Waals surface area contributed by atoms with Gasteiger partial charge in [-0.05, 0) is 31.6 Å². The number of hydrogen-bond acceptors (Lipinski definition) is 3. The van der Waals surface area contributed by atoms with Crippen molar-refractivity contribution in [1.82, 2.24) is 5.32 Å². The number of aromatic hydroxyl groups is 1. The van der Waals surface area contributed by atoms with E-state index in [2.05, 4.69) is 5.32 Å². The van der Waals surface area contributed by atoms with Crippen LogP contribution in [0.15, 0.2) is 12.1 Å². The predicted molar refractivity (Wildman–Crippen MR) is 52.2 cm³/mol. The average molecular weight is 199 g/mol. The standard InChI is InChI=1S/C10H14FNO2/c1-12-4-3-7-5-8(11)10(14-2)6-9(7)13/h5-6,12-13H,3-4H2,1-2H3. The molecule has 0 heterocycles. The first-order valence-corrected chi connectivity index (χ1v) is 4.39. The van der Waals surface area contributed by atoms with Crippen LogP contribution in [0.4, 0.5) is 4.39 Å². The molecule has 0 saturated carbocycles. The largest absolute Gasteiger partial charge is 0.508 e. The Morgan fingerprint density at radius 3 is 2.79 bits per heavy atom. The monoisotopic (exact) mass is 199 g/mol. The Labute approximate surface area is 82.5 Å². The highest BCUT2D eigenvalue weighted by Crippen LogP contribution is 2.26. The molecule has 0 aliphatic rings. The predicted octanol–water partition coefficient (Wildman–Crippen LogP) is 1.30. The van der Waals surface area contributed by atoms with Crippen LogP contribution in [0.1, 0.15) is 5.56 Å². The number of methoxy groups -OCH3 is 1. The quantitative estimate of drug-likeness (QED) is 0.768. The van der Waals surface area contributed by atoms with Gasteiger partial charge in [0.2, 0.25) is 0 Å². The molecule has 0 spiro atoms. The summed E-state index contributed by atoms with van der Waals surface area (Å²) in [5.41, 5.74) is 0.581. The Morgan fingerprint density at radius 1 is 1.50 bits per heavy atom. The summed E-state index contributed by atoms with van der Waals surface area (Å²) in [6, 6.07) is 2.59. The molecule has 1 aromatic carbocycles. The molecule has 4 heteroatoms. The van der Waals surface area contributed by atoms with Crippen LogP contribution in [0.2, 0.25) is 0 Å². The lowest BCUT2D eigenvalue weighted by molar-refractivity contribution is 0.379. The summed E-state index contributed by atoms with van der Waals surface area (Å²) in [5, 5.41) is 12.4. The van der Waals surface area contributed by atoms with Crippen LogP contribution in [0.5, 0.6) is 11.5 Å². The smallest absolute Gasteiger partial charge is 0.165 e. The lowest BCUT2D eigenvalue weighted by Crippen LogP contribution is -2.10. The van der Waals surface area contributed by atoms with E-state index in [4.69, 9.17) is 4.74 Å². The zero-order chi connectivity index (χ0) is 10.6. The average Bonchev–Trinajstić information content (AvgIpc) is 2.18. The van der Waals surface area contributed by atoms with E-state index in [1.165, 1.54) is 19.2 Å². The van der Waals surface area contributed by atoms with Crippen molar-refractivity contribution >= 4 is 0 Å². The van der Waals surface area contributed by atoms with E-state index in [1.54, 1.807) is 7.05 Å². The molecule has 0 bridgehead atoms. The fourth-order valence-electron chi connectivity index (χ4n) is 1.20. The summed E-state index contributed by atoms with van der Waals surface area (Å²) in [5.74, 6) is -0.314. The van der Waals surface area contributed by atoms with Crippen LogP contribution in [0.25, 0.3) is 0 Å². The topological polar surface area (TPSA) is 41.5 Å². The minimum Gasteiger partial charge on any atom is -0.508 e. The third-order valence-electron chi connectivity index (χ3n) is 2.00. The van der Waals surface area contributed by atoms with Gasteiger partial charge >= 0.3 is 0 Å². The van der Waals surface area contributed by atoms with E-state index in [1.807, 2.05) is 0 Å². The van der Waals surface area contributed by atoms with Gasteiger partial charge in [-0.25, -0.2) is 4.39 Å². The molecule has 0 fully saturated rings. The highest BCUT2D eigenvalue weighted by atomic mass is 19.1. The molecule has 0 atom stereocenters. The fraction of sp³-hybridized carbons (Fsp3) is 0.400. The summed E-state index contributed by atoms with van der Waals surface area (Å²) in [6.45, 7) is 0.694. The molecule has 0 aromatic heterocycles. The minimum atomic E-state index is -0.448. The van der Waals surface area contributed by atoms with Crippen LogP contribution in [-0.4, -0.2) is 25.8 Å². The van der Waals surface area contributed by atoms with Crippen LogP contribution in [0.3, 0.4) is 0 Å². The molecule has 0 aliphatic heterocycles. The van der Waals surface area contributed by atoms with Gasteiger partial charge in [0.1, 0.15) is 5.75 Å². The van der Waals surface area contributed by atoms with Gasteiger partial charge < -0.3 is 15.2 Å². The Balaban J connectivity index is 2.90. The van der Waals surface area contributed by atoms with E-state index in [0.29, 0.717) is 18.5 Å². The van der Waals surface area contributed by atoms with Crippen molar-refractivity contribution in [1.29, 1.82) is 0 Å². The number of nitrogens with one attached hydrogen (secondary N) is 1. The Bertz CT molecular complexity index is 315. The molecule has 0 amide bonds. The highest BCUT2D eigenvalue weighted by molar-refractivity contribution is 5.41. The van der Waals surface area contributed by atoms with Gasteiger partial charge in [-0.2, -0.15) is 0 Å². The molecular formula is C10H14FNO2. The molecule has 3 nitrogen and oxygen atoms in total. The van der Waals surface area contributed by atoms with Gasteiger partial charge in [0.05, 0.1) is 7.11 Å². The van der Waals surface area contributed by atoms with Crippen LogP contribution >= 0.6 is 0 Å². The van der Waals surface area contributed by atoms with Gasteiger partial charge in [0.15, 0.2) is 11.6 Å². The normalized spacial score (nSPS) is 10.2. The lowest BCUT2D eigenvalue weighted by atomic mass is 10.1. The summed E-state index contributed by atoms with van der Waals surface area (Å²) >= 11 is 0. The molecule has 0 aliphatic carbocycles. The van der Waals surface area contributed by atoms with E-state index >= 15 is 0 Å². The van der Waals surface area contributed by atoms with Crippen LogP contribution in [0, 0.1) is 5.82 Å². The molecule has 0 unspecified atom stereocenters. The number of rotatable bonds is 4. The summed E-state index contributed by atoms with van der Waals surface area (Å²) in [4.78, 5) is 0. The number of halogens is 1. The van der Waals surface area contributed by atoms with Gasteiger partial charge in [-0.3, -0.25) is 0 Å². The maximum atomic E-state index is 13.2. The number of phenols is 1. The summed E-state index contributed by atoms with van der Waals surface area (Å²) in [7, 11) is 3.17. The Kier molecular flexibility index (Phi) is 3.71. The molecule has 1 rings (SSSR count). The first kappa shape index (κ1) is 10.8. The Morgan fingerprint density at radius 2 is 2.21 bits per heavy atom. The van der Waals surface area contributed by atoms with Crippen molar-refractivity contribution in [3.8, 4) is 11.5 Å². The van der Waals surface area contributed by atoms with Crippen molar-refractivity contribution in [3.05, 3.63) is 23.5 Å². The molecule has 14 heavy (non-hydrogen) atoms. The van der Waals surface area contributed by atoms with Crippen molar-refractivity contribution in [2.45, 2.75) is 6.42 Å². The number of hydrogen-bond donors (Lipinski definition) is 2. The number of likely N-dealkylation sites (N-methyl/N-ethyl adjacent to an activating group) is 1. The second-order valence-electron chi connectivity index (χ2n) is 2.97. The second-order valence-corrected chi connectivity index (χ2v) is 2.97. The number of phenolic OH excluding ortho intramolecular Hbond substituents is 1. The van der Waals surface area contributed by atoms with Gasteiger partial charge in [0.25, 0.3) is 0 Å². The van der Waals surface area contributed by atoms with Gasteiger partial charge in [-0.1, -0.05) is 0 Å². The SMILES string of the molecule is CNCCc1cc(F)c(OC)cc1O.